The summed E-state index contributed by atoms with van der Waals surface area (Å²) in [5.74, 6) is 0. The van der Waals surface area contributed by atoms with Gasteiger partial charge in [0, 0.05) is 12.6 Å². The standard InChI is InChI=1S/C12H18BrN3O3/c1-2-19-9-5-8(6-9)15-10-7-14-16(3-4-17)12(18)11(10)13/h7-9,15,17H,2-6H2,1H3. The highest BCUT2D eigenvalue weighted by atomic mass is 79.9. The molecule has 19 heavy (non-hydrogen) atoms. The maximum Gasteiger partial charge on any atom is 0.283 e. The molecular formula is C12H18BrN3O3. The molecule has 0 bridgehead atoms. The van der Waals surface area contributed by atoms with Crippen molar-refractivity contribution in [3.8, 4) is 0 Å². The van der Waals surface area contributed by atoms with Crippen molar-refractivity contribution in [2.45, 2.75) is 38.5 Å². The first-order valence-corrected chi connectivity index (χ1v) is 7.19. The number of hydrogen-bond acceptors (Lipinski definition) is 5. The minimum Gasteiger partial charge on any atom is -0.394 e. The molecular weight excluding hydrogens is 314 g/mol. The van der Waals surface area contributed by atoms with E-state index in [4.69, 9.17) is 9.84 Å². The van der Waals surface area contributed by atoms with E-state index in [0.29, 0.717) is 22.3 Å². The largest absolute Gasteiger partial charge is 0.394 e. The van der Waals surface area contributed by atoms with Gasteiger partial charge in [-0.15, -0.1) is 0 Å². The molecule has 1 fully saturated rings. The number of nitrogens with zero attached hydrogens (tertiary/aromatic N) is 2. The summed E-state index contributed by atoms with van der Waals surface area (Å²) in [4.78, 5) is 11.9. The van der Waals surface area contributed by atoms with Crippen LogP contribution in [0.2, 0.25) is 0 Å². The maximum atomic E-state index is 11.9. The third-order valence-corrected chi connectivity index (χ3v) is 3.92. The molecule has 6 nitrogen and oxygen atoms in total. The lowest BCUT2D eigenvalue weighted by Crippen LogP contribution is -2.41. The van der Waals surface area contributed by atoms with Crippen LogP contribution in [0.4, 0.5) is 5.69 Å². The summed E-state index contributed by atoms with van der Waals surface area (Å²) < 4.78 is 7.18. The zero-order valence-electron chi connectivity index (χ0n) is 10.8. The Bertz CT molecular complexity index is 486. The fraction of sp³-hybridized carbons (Fsp3) is 0.667. The van der Waals surface area contributed by atoms with Crippen LogP contribution in [0.25, 0.3) is 0 Å². The van der Waals surface area contributed by atoms with Crippen LogP contribution >= 0.6 is 15.9 Å². The predicted molar refractivity (Wildman–Crippen MR) is 75.3 cm³/mol. The lowest BCUT2D eigenvalue weighted by molar-refractivity contribution is 0.00297. The molecule has 7 heteroatoms. The number of aliphatic hydroxyl groups excluding tert-OH is 1. The second kappa shape index (κ2) is 6.49. The molecule has 0 amide bonds. The molecule has 1 aliphatic rings. The van der Waals surface area contributed by atoms with Crippen LogP contribution in [0.3, 0.4) is 0 Å². The van der Waals surface area contributed by atoms with E-state index in [9.17, 15) is 4.79 Å². The number of aromatic nitrogens is 2. The number of anilines is 1. The van der Waals surface area contributed by atoms with Crippen LogP contribution in [0.15, 0.2) is 15.5 Å². The van der Waals surface area contributed by atoms with Gasteiger partial charge in [0.25, 0.3) is 5.56 Å². The number of hydrogen-bond donors (Lipinski definition) is 2. The molecule has 2 rings (SSSR count). The Morgan fingerprint density at radius 2 is 2.37 bits per heavy atom. The maximum absolute atomic E-state index is 11.9. The normalized spacial score (nSPS) is 22.1. The summed E-state index contributed by atoms with van der Waals surface area (Å²) in [7, 11) is 0. The summed E-state index contributed by atoms with van der Waals surface area (Å²) in [6.07, 6.45) is 3.82. The van der Waals surface area contributed by atoms with Crippen LogP contribution in [0.5, 0.6) is 0 Å². The zero-order chi connectivity index (χ0) is 13.8. The molecule has 2 N–H and O–H groups in total. The predicted octanol–water partition coefficient (Wildman–Crippen LogP) is 0.977. The topological polar surface area (TPSA) is 76.4 Å². The molecule has 0 aliphatic heterocycles. The Labute approximate surface area is 119 Å². The van der Waals surface area contributed by atoms with E-state index in [0.717, 1.165) is 19.4 Å². The molecule has 0 aromatic carbocycles. The van der Waals surface area contributed by atoms with Gasteiger partial charge in [0.1, 0.15) is 4.47 Å². The monoisotopic (exact) mass is 331 g/mol. The van der Waals surface area contributed by atoms with Gasteiger partial charge in [-0.1, -0.05) is 0 Å². The van der Waals surface area contributed by atoms with Gasteiger partial charge in [-0.2, -0.15) is 5.10 Å². The highest BCUT2D eigenvalue weighted by molar-refractivity contribution is 9.10. The number of aliphatic hydroxyl groups is 1. The van der Waals surface area contributed by atoms with Crippen LogP contribution in [0, 0.1) is 0 Å². The third-order valence-electron chi connectivity index (χ3n) is 3.15. The minimum absolute atomic E-state index is 0.106. The highest BCUT2D eigenvalue weighted by Crippen LogP contribution is 2.28. The SMILES string of the molecule is CCOC1CC(Nc2cnn(CCO)c(=O)c2Br)C1. The zero-order valence-corrected chi connectivity index (χ0v) is 12.4. The van der Waals surface area contributed by atoms with Gasteiger partial charge >= 0.3 is 0 Å². The molecule has 1 aromatic heterocycles. The first kappa shape index (κ1) is 14.5. The molecule has 0 unspecified atom stereocenters. The van der Waals surface area contributed by atoms with Gasteiger partial charge in [-0.25, -0.2) is 4.68 Å². The Balaban J connectivity index is 1.99. The summed E-state index contributed by atoms with van der Waals surface area (Å²) in [6.45, 7) is 2.82. The van der Waals surface area contributed by atoms with Gasteiger partial charge < -0.3 is 15.2 Å². The van der Waals surface area contributed by atoms with Crippen molar-refractivity contribution in [3.05, 3.63) is 21.0 Å². The Morgan fingerprint density at radius 1 is 1.63 bits per heavy atom. The second-order valence-corrected chi connectivity index (χ2v) is 5.31. The van der Waals surface area contributed by atoms with Gasteiger partial charge in [-0.05, 0) is 35.7 Å². The molecule has 0 spiro atoms. The van der Waals surface area contributed by atoms with Crippen LogP contribution in [0.1, 0.15) is 19.8 Å². The van der Waals surface area contributed by atoms with E-state index in [-0.39, 0.29) is 18.7 Å². The summed E-state index contributed by atoms with van der Waals surface area (Å²) in [5.41, 5.74) is 0.457. The first-order chi connectivity index (χ1) is 9.15. The molecule has 1 aromatic rings. The van der Waals surface area contributed by atoms with Crippen LogP contribution in [-0.4, -0.2) is 40.2 Å². The van der Waals surface area contributed by atoms with E-state index >= 15 is 0 Å². The number of halogens is 1. The van der Waals surface area contributed by atoms with Crippen molar-refractivity contribution >= 4 is 21.6 Å². The molecule has 1 heterocycles. The molecule has 0 saturated heterocycles. The van der Waals surface area contributed by atoms with Gasteiger partial charge in [0.2, 0.25) is 0 Å². The molecule has 1 saturated carbocycles. The number of rotatable bonds is 6. The van der Waals surface area contributed by atoms with E-state index in [1.807, 2.05) is 6.92 Å². The number of ether oxygens (including phenoxy) is 1. The average molecular weight is 332 g/mol. The van der Waals surface area contributed by atoms with E-state index in [1.165, 1.54) is 4.68 Å². The summed E-state index contributed by atoms with van der Waals surface area (Å²) in [6, 6.07) is 0.322. The van der Waals surface area contributed by atoms with Crippen LogP contribution in [-0.2, 0) is 11.3 Å². The molecule has 0 radical (unpaired) electrons. The Hall–Kier alpha value is -0.920. The van der Waals surface area contributed by atoms with Crippen molar-refractivity contribution in [2.24, 2.45) is 0 Å². The fourth-order valence-corrected chi connectivity index (χ4v) is 2.52. The molecule has 1 aliphatic carbocycles. The molecule has 106 valence electrons. The Morgan fingerprint density at radius 3 is 3.00 bits per heavy atom. The second-order valence-electron chi connectivity index (χ2n) is 4.51. The summed E-state index contributed by atoms with van der Waals surface area (Å²) >= 11 is 3.28. The number of nitrogens with one attached hydrogen (secondary N) is 1. The Kier molecular flexibility index (Phi) is 4.95. The van der Waals surface area contributed by atoms with Crippen molar-refractivity contribution in [1.82, 2.24) is 9.78 Å². The smallest absolute Gasteiger partial charge is 0.283 e. The quantitative estimate of drug-likeness (QED) is 0.812. The fourth-order valence-electron chi connectivity index (χ4n) is 2.09. The van der Waals surface area contributed by atoms with Crippen molar-refractivity contribution in [2.75, 3.05) is 18.5 Å². The van der Waals surface area contributed by atoms with E-state index in [1.54, 1.807) is 6.20 Å². The highest BCUT2D eigenvalue weighted by Gasteiger charge is 2.30. The van der Waals surface area contributed by atoms with Crippen molar-refractivity contribution in [1.29, 1.82) is 0 Å². The van der Waals surface area contributed by atoms with Gasteiger partial charge in [0.15, 0.2) is 0 Å². The lowest BCUT2D eigenvalue weighted by Gasteiger charge is -2.36. The molecule has 0 atom stereocenters. The average Bonchev–Trinajstić information content (AvgIpc) is 2.35. The van der Waals surface area contributed by atoms with Crippen molar-refractivity contribution in [3.63, 3.8) is 0 Å². The van der Waals surface area contributed by atoms with E-state index in [2.05, 4.69) is 26.3 Å². The van der Waals surface area contributed by atoms with Crippen LogP contribution < -0.4 is 10.9 Å². The third kappa shape index (κ3) is 3.34. The van der Waals surface area contributed by atoms with Gasteiger partial charge in [-0.3, -0.25) is 4.79 Å². The van der Waals surface area contributed by atoms with Crippen molar-refractivity contribution < 1.29 is 9.84 Å². The van der Waals surface area contributed by atoms with Gasteiger partial charge in [0.05, 0.1) is 31.1 Å². The summed E-state index contributed by atoms with van der Waals surface area (Å²) in [5, 5.41) is 16.1. The lowest BCUT2D eigenvalue weighted by atomic mass is 9.89. The van der Waals surface area contributed by atoms with E-state index < -0.39 is 0 Å². The first-order valence-electron chi connectivity index (χ1n) is 6.40. The minimum atomic E-state index is -0.236.